The fourth-order valence-electron chi connectivity index (χ4n) is 1.57. The number of carbonyl (C=O) groups is 1. The van der Waals surface area contributed by atoms with E-state index in [0.29, 0.717) is 0 Å². The van der Waals surface area contributed by atoms with Crippen molar-refractivity contribution in [1.29, 1.82) is 0 Å². The molecule has 118 valence electrons. The van der Waals surface area contributed by atoms with Gasteiger partial charge in [-0.1, -0.05) is 13.8 Å². The zero-order chi connectivity index (χ0) is 16.2. The van der Waals surface area contributed by atoms with Gasteiger partial charge in [-0.3, -0.25) is 10.1 Å². The van der Waals surface area contributed by atoms with Crippen LogP contribution in [0.25, 0.3) is 0 Å². The fraction of sp³-hybridized carbons (Fsp3) is 0.462. The van der Waals surface area contributed by atoms with E-state index in [2.05, 4.69) is 10.1 Å². The molecule has 1 rings (SSSR count). The molecule has 1 aromatic carbocycles. The second kappa shape index (κ2) is 7.26. The molecule has 1 atom stereocenters. The minimum Gasteiger partial charge on any atom is -0.485 e. The molecule has 1 N–H and O–H groups in total. The first-order valence-electron chi connectivity index (χ1n) is 6.07. The van der Waals surface area contributed by atoms with Crippen LogP contribution in [0.2, 0.25) is 0 Å². The minimum absolute atomic E-state index is 0.0711. The summed E-state index contributed by atoms with van der Waals surface area (Å²) in [7, 11) is 1.13. The van der Waals surface area contributed by atoms with Gasteiger partial charge in [0.25, 0.3) is 0 Å². The summed E-state index contributed by atoms with van der Waals surface area (Å²) >= 11 is 0. The molecule has 0 aromatic heterocycles. The van der Waals surface area contributed by atoms with Crippen molar-refractivity contribution in [2.24, 2.45) is 0 Å². The van der Waals surface area contributed by atoms with Crippen molar-refractivity contribution in [2.45, 2.75) is 25.9 Å². The van der Waals surface area contributed by atoms with Crippen LogP contribution in [0.1, 0.15) is 13.8 Å². The lowest BCUT2D eigenvalue weighted by Crippen LogP contribution is -2.45. The Hall–Kier alpha value is -1.83. The Morgan fingerprint density at radius 1 is 1.19 bits per heavy atom. The number of esters is 1. The summed E-state index contributed by atoms with van der Waals surface area (Å²) in [5.74, 6) is -8.46. The Morgan fingerprint density at radius 3 is 2.14 bits per heavy atom. The van der Waals surface area contributed by atoms with Gasteiger partial charge in [-0.15, -0.1) is 0 Å². The van der Waals surface area contributed by atoms with Crippen LogP contribution in [0.15, 0.2) is 6.07 Å². The van der Waals surface area contributed by atoms with E-state index in [0.717, 1.165) is 7.11 Å². The smallest absolute Gasteiger partial charge is 0.326 e. The Kier molecular flexibility index (Phi) is 5.95. The van der Waals surface area contributed by atoms with Crippen molar-refractivity contribution in [2.75, 3.05) is 13.7 Å². The summed E-state index contributed by atoms with van der Waals surface area (Å²) in [5.41, 5.74) is 0. The van der Waals surface area contributed by atoms with Gasteiger partial charge in [-0.25, -0.2) is 8.78 Å². The summed E-state index contributed by atoms with van der Waals surface area (Å²) in [5, 5.41) is 2.74. The maximum atomic E-state index is 13.4. The summed E-state index contributed by atoms with van der Waals surface area (Å²) in [4.78, 5) is 11.5. The van der Waals surface area contributed by atoms with Gasteiger partial charge >= 0.3 is 5.97 Å². The number of rotatable bonds is 6. The van der Waals surface area contributed by atoms with Gasteiger partial charge in [0.05, 0.1) is 7.11 Å². The number of methoxy groups -OCH3 is 1. The summed E-state index contributed by atoms with van der Waals surface area (Å²) < 4.78 is 62.0. The highest BCUT2D eigenvalue weighted by atomic mass is 19.2. The van der Waals surface area contributed by atoms with E-state index >= 15 is 0 Å². The number of nitrogens with one attached hydrogen (secondary N) is 1. The first-order valence-corrected chi connectivity index (χ1v) is 6.07. The van der Waals surface area contributed by atoms with E-state index < -0.39 is 47.6 Å². The highest BCUT2D eigenvalue weighted by molar-refractivity contribution is 5.75. The van der Waals surface area contributed by atoms with Gasteiger partial charge in [0.1, 0.15) is 12.6 Å². The standard InChI is InChI=1S/C13H15F4NO3/c1-6(2)18-9(13(19)20-3)5-21-12-10(16)7(14)4-8(15)11(12)17/h4,6,9,18H,5H2,1-3H3. The summed E-state index contributed by atoms with van der Waals surface area (Å²) in [6.45, 7) is 2.89. The number of benzene rings is 1. The van der Waals surface area contributed by atoms with E-state index in [4.69, 9.17) is 4.74 Å². The van der Waals surface area contributed by atoms with Crippen molar-refractivity contribution in [1.82, 2.24) is 5.32 Å². The molecular formula is C13H15F4NO3. The van der Waals surface area contributed by atoms with Gasteiger partial charge in [-0.05, 0) is 0 Å². The fourth-order valence-corrected chi connectivity index (χ4v) is 1.57. The summed E-state index contributed by atoms with van der Waals surface area (Å²) in [6.07, 6.45) is 0. The zero-order valence-electron chi connectivity index (χ0n) is 11.7. The van der Waals surface area contributed by atoms with Crippen molar-refractivity contribution in [3.05, 3.63) is 29.3 Å². The van der Waals surface area contributed by atoms with E-state index in [1.165, 1.54) is 0 Å². The van der Waals surface area contributed by atoms with Crippen LogP contribution in [0.5, 0.6) is 5.75 Å². The van der Waals surface area contributed by atoms with Crippen LogP contribution in [0, 0.1) is 23.3 Å². The van der Waals surface area contributed by atoms with Crippen LogP contribution in [0.4, 0.5) is 17.6 Å². The number of ether oxygens (including phenoxy) is 2. The largest absolute Gasteiger partial charge is 0.485 e. The highest BCUT2D eigenvalue weighted by Gasteiger charge is 2.25. The van der Waals surface area contributed by atoms with Crippen LogP contribution in [-0.2, 0) is 9.53 Å². The van der Waals surface area contributed by atoms with Crippen LogP contribution >= 0.6 is 0 Å². The normalized spacial score (nSPS) is 12.4. The quantitative estimate of drug-likeness (QED) is 0.497. The lowest BCUT2D eigenvalue weighted by atomic mass is 10.2. The van der Waals surface area contributed by atoms with Crippen molar-refractivity contribution < 1.29 is 31.8 Å². The molecular weight excluding hydrogens is 294 g/mol. The van der Waals surface area contributed by atoms with E-state index in [1.54, 1.807) is 13.8 Å². The molecule has 0 radical (unpaired) electrons. The molecule has 0 spiro atoms. The van der Waals surface area contributed by atoms with E-state index in [9.17, 15) is 22.4 Å². The van der Waals surface area contributed by atoms with Crippen LogP contribution < -0.4 is 10.1 Å². The average molecular weight is 309 g/mol. The molecule has 0 saturated carbocycles. The third kappa shape index (κ3) is 4.32. The van der Waals surface area contributed by atoms with Gasteiger partial charge in [0.2, 0.25) is 11.6 Å². The maximum Gasteiger partial charge on any atom is 0.326 e. The predicted octanol–water partition coefficient (Wildman–Crippen LogP) is 2.16. The number of hydrogen-bond donors (Lipinski definition) is 1. The molecule has 0 aliphatic rings. The predicted molar refractivity (Wildman–Crippen MR) is 65.8 cm³/mol. The number of hydrogen-bond acceptors (Lipinski definition) is 4. The second-order valence-corrected chi connectivity index (χ2v) is 4.51. The summed E-state index contributed by atoms with van der Waals surface area (Å²) in [6, 6.07) is -1.13. The number of halogens is 4. The minimum atomic E-state index is -1.66. The van der Waals surface area contributed by atoms with Crippen molar-refractivity contribution in [3.8, 4) is 5.75 Å². The molecule has 0 bridgehead atoms. The van der Waals surface area contributed by atoms with Crippen LogP contribution in [0.3, 0.4) is 0 Å². The molecule has 4 nitrogen and oxygen atoms in total. The van der Waals surface area contributed by atoms with Gasteiger partial charge < -0.3 is 9.47 Å². The van der Waals surface area contributed by atoms with E-state index in [-0.39, 0.29) is 12.1 Å². The van der Waals surface area contributed by atoms with Gasteiger partial charge in [-0.2, -0.15) is 8.78 Å². The molecule has 8 heteroatoms. The van der Waals surface area contributed by atoms with Gasteiger partial charge in [0, 0.05) is 12.1 Å². The number of carbonyl (C=O) groups excluding carboxylic acids is 1. The first-order chi connectivity index (χ1) is 9.77. The lowest BCUT2D eigenvalue weighted by Gasteiger charge is -2.19. The molecule has 0 aliphatic carbocycles. The topological polar surface area (TPSA) is 47.6 Å². The Balaban J connectivity index is 2.92. The second-order valence-electron chi connectivity index (χ2n) is 4.51. The molecule has 0 heterocycles. The van der Waals surface area contributed by atoms with Crippen LogP contribution in [-0.4, -0.2) is 31.8 Å². The molecule has 1 unspecified atom stereocenters. The van der Waals surface area contributed by atoms with Gasteiger partial charge in [0.15, 0.2) is 17.4 Å². The third-order valence-corrected chi connectivity index (χ3v) is 2.49. The monoisotopic (exact) mass is 309 g/mol. The third-order valence-electron chi connectivity index (χ3n) is 2.49. The Labute approximate surface area is 119 Å². The molecule has 21 heavy (non-hydrogen) atoms. The SMILES string of the molecule is COC(=O)C(COc1c(F)c(F)cc(F)c1F)NC(C)C. The molecule has 0 fully saturated rings. The maximum absolute atomic E-state index is 13.4. The molecule has 1 aromatic rings. The van der Waals surface area contributed by atoms with E-state index in [1.807, 2.05) is 0 Å². The lowest BCUT2D eigenvalue weighted by molar-refractivity contribution is -0.144. The highest BCUT2D eigenvalue weighted by Crippen LogP contribution is 2.26. The molecule has 0 aliphatic heterocycles. The molecule has 0 saturated heterocycles. The van der Waals surface area contributed by atoms with Crippen molar-refractivity contribution in [3.63, 3.8) is 0 Å². The Morgan fingerprint density at radius 2 is 1.71 bits per heavy atom. The average Bonchev–Trinajstić information content (AvgIpc) is 2.42. The molecule has 0 amide bonds. The zero-order valence-corrected chi connectivity index (χ0v) is 11.7. The first kappa shape index (κ1) is 17.2. The Bertz CT molecular complexity index is 496. The van der Waals surface area contributed by atoms with Crippen molar-refractivity contribution >= 4 is 5.97 Å².